The average Bonchev–Trinajstić information content (AvgIpc) is 2.86. The van der Waals surface area contributed by atoms with Crippen LogP contribution in [-0.4, -0.2) is 21.1 Å². The quantitative estimate of drug-likeness (QED) is 0.834. The Morgan fingerprint density at radius 3 is 3.06 bits per heavy atom. The van der Waals surface area contributed by atoms with Gasteiger partial charge in [-0.1, -0.05) is 5.10 Å². The molecule has 0 aliphatic heterocycles. The normalized spacial score (nSPS) is 10.6. The molecule has 7 heteroatoms. The Labute approximate surface area is 102 Å². The van der Waals surface area contributed by atoms with Crippen LogP contribution >= 0.6 is 22.9 Å². The van der Waals surface area contributed by atoms with E-state index in [0.717, 1.165) is 10.6 Å². The van der Waals surface area contributed by atoms with Crippen molar-refractivity contribution in [1.82, 2.24) is 15.2 Å². The van der Waals surface area contributed by atoms with Gasteiger partial charge in [-0.05, 0) is 6.92 Å². The summed E-state index contributed by atoms with van der Waals surface area (Å²) < 4.78 is 5.33. The number of nitrogens with zero attached hydrogens (tertiary/aromatic N) is 3. The molecular weight excluding hydrogens is 248 g/mol. The second-order valence-electron chi connectivity index (χ2n) is 3.15. The molecule has 16 heavy (non-hydrogen) atoms. The largest absolute Gasteiger partial charge is 0.408 e. The van der Waals surface area contributed by atoms with Gasteiger partial charge in [0.15, 0.2) is 0 Å². The Balaban J connectivity index is 1.92. The molecule has 2 rings (SSSR count). The molecule has 0 aliphatic rings. The van der Waals surface area contributed by atoms with Crippen LogP contribution in [0.4, 0.5) is 6.01 Å². The SMILES string of the molecule is Cc1ncsc1CNc1nnc(CCCl)o1. The zero-order valence-corrected chi connectivity index (χ0v) is 10.3. The van der Waals surface area contributed by atoms with Gasteiger partial charge in [-0.2, -0.15) is 0 Å². The molecule has 2 heterocycles. The van der Waals surface area contributed by atoms with Gasteiger partial charge in [0.25, 0.3) is 0 Å². The lowest BCUT2D eigenvalue weighted by Gasteiger charge is -1.98. The molecule has 86 valence electrons. The second kappa shape index (κ2) is 5.27. The number of aryl methyl sites for hydroxylation is 2. The number of nitrogens with one attached hydrogen (secondary N) is 1. The highest BCUT2D eigenvalue weighted by Crippen LogP contribution is 2.14. The third-order valence-corrected chi connectivity index (χ3v) is 3.14. The van der Waals surface area contributed by atoms with Gasteiger partial charge in [-0.25, -0.2) is 4.98 Å². The number of hydrogen-bond acceptors (Lipinski definition) is 6. The molecule has 0 aromatic carbocycles. The standard InChI is InChI=1S/C9H11ClN4OS/c1-6-7(16-5-12-6)4-11-9-14-13-8(15-9)2-3-10/h5H,2-4H2,1H3,(H,11,14). The van der Waals surface area contributed by atoms with E-state index >= 15 is 0 Å². The smallest absolute Gasteiger partial charge is 0.315 e. The van der Waals surface area contributed by atoms with Gasteiger partial charge in [0.2, 0.25) is 5.89 Å². The second-order valence-corrected chi connectivity index (χ2v) is 4.47. The van der Waals surface area contributed by atoms with Gasteiger partial charge in [0.1, 0.15) is 0 Å². The third kappa shape index (κ3) is 2.70. The van der Waals surface area contributed by atoms with Gasteiger partial charge in [0.05, 0.1) is 17.7 Å². The topological polar surface area (TPSA) is 63.8 Å². The zero-order valence-electron chi connectivity index (χ0n) is 8.73. The molecule has 2 aromatic heterocycles. The summed E-state index contributed by atoms with van der Waals surface area (Å²) in [7, 11) is 0. The van der Waals surface area contributed by atoms with Crippen molar-refractivity contribution in [2.75, 3.05) is 11.2 Å². The van der Waals surface area contributed by atoms with Crippen molar-refractivity contribution in [3.05, 3.63) is 22.0 Å². The van der Waals surface area contributed by atoms with Crippen LogP contribution in [0.15, 0.2) is 9.93 Å². The summed E-state index contributed by atoms with van der Waals surface area (Å²) in [6, 6.07) is 0.424. The van der Waals surface area contributed by atoms with E-state index in [-0.39, 0.29) is 0 Å². The van der Waals surface area contributed by atoms with Gasteiger partial charge in [-0.15, -0.1) is 28.0 Å². The summed E-state index contributed by atoms with van der Waals surface area (Å²) >= 11 is 7.17. The number of halogens is 1. The lowest BCUT2D eigenvalue weighted by Crippen LogP contribution is -1.99. The Morgan fingerprint density at radius 1 is 1.50 bits per heavy atom. The number of alkyl halides is 1. The van der Waals surface area contributed by atoms with E-state index < -0.39 is 0 Å². The first kappa shape index (κ1) is 11.3. The lowest BCUT2D eigenvalue weighted by molar-refractivity contribution is 0.512. The molecule has 1 N–H and O–H groups in total. The molecule has 0 radical (unpaired) electrons. The molecule has 0 spiro atoms. The van der Waals surface area contributed by atoms with Crippen molar-refractivity contribution in [2.45, 2.75) is 19.9 Å². The summed E-state index contributed by atoms with van der Waals surface area (Å²) in [6.45, 7) is 2.62. The molecule has 0 saturated carbocycles. The Bertz CT molecular complexity index is 456. The minimum Gasteiger partial charge on any atom is -0.408 e. The first-order valence-electron chi connectivity index (χ1n) is 4.81. The van der Waals surface area contributed by atoms with Crippen LogP contribution in [-0.2, 0) is 13.0 Å². The number of thiazole rings is 1. The fourth-order valence-electron chi connectivity index (χ4n) is 1.16. The monoisotopic (exact) mass is 258 g/mol. The molecule has 0 saturated heterocycles. The van der Waals surface area contributed by atoms with Gasteiger partial charge < -0.3 is 9.73 Å². The number of anilines is 1. The van der Waals surface area contributed by atoms with Gasteiger partial charge in [-0.3, -0.25) is 0 Å². The summed E-state index contributed by atoms with van der Waals surface area (Å²) in [4.78, 5) is 5.32. The molecule has 2 aromatic rings. The summed E-state index contributed by atoms with van der Waals surface area (Å²) in [6.07, 6.45) is 0.593. The maximum absolute atomic E-state index is 5.57. The van der Waals surface area contributed by atoms with Crippen LogP contribution < -0.4 is 5.32 Å². The summed E-state index contributed by atoms with van der Waals surface area (Å²) in [5, 5.41) is 10.8. The average molecular weight is 259 g/mol. The van der Waals surface area contributed by atoms with Crippen LogP contribution in [0.2, 0.25) is 0 Å². The number of aromatic nitrogens is 3. The first-order valence-corrected chi connectivity index (χ1v) is 6.22. The maximum atomic E-state index is 5.57. The van der Waals surface area contributed by atoms with Crippen molar-refractivity contribution in [3.8, 4) is 0 Å². The van der Waals surface area contributed by atoms with E-state index in [1.165, 1.54) is 0 Å². The maximum Gasteiger partial charge on any atom is 0.315 e. The molecule has 0 amide bonds. The zero-order chi connectivity index (χ0) is 11.4. The van der Waals surface area contributed by atoms with Crippen molar-refractivity contribution in [2.24, 2.45) is 0 Å². The molecule has 0 unspecified atom stereocenters. The Morgan fingerprint density at radius 2 is 2.38 bits per heavy atom. The molecule has 0 fully saturated rings. The highest BCUT2D eigenvalue weighted by atomic mass is 35.5. The van der Waals surface area contributed by atoms with Crippen LogP contribution in [0.1, 0.15) is 16.5 Å². The van der Waals surface area contributed by atoms with Crippen molar-refractivity contribution < 1.29 is 4.42 Å². The molecule has 0 aliphatic carbocycles. The van der Waals surface area contributed by atoms with E-state index in [9.17, 15) is 0 Å². The summed E-state index contributed by atoms with van der Waals surface area (Å²) in [5.74, 6) is 1.04. The lowest BCUT2D eigenvalue weighted by atomic mass is 10.4. The van der Waals surface area contributed by atoms with E-state index in [1.807, 2.05) is 12.4 Å². The minimum absolute atomic E-state index is 0.424. The van der Waals surface area contributed by atoms with E-state index in [1.54, 1.807) is 11.3 Å². The van der Waals surface area contributed by atoms with E-state index in [0.29, 0.717) is 30.8 Å². The molecule has 0 atom stereocenters. The van der Waals surface area contributed by atoms with E-state index in [4.69, 9.17) is 16.0 Å². The first-order chi connectivity index (χ1) is 7.79. The predicted octanol–water partition coefficient (Wildman–Crippen LogP) is 2.23. The molecule has 0 bridgehead atoms. The highest BCUT2D eigenvalue weighted by molar-refractivity contribution is 7.09. The fraction of sp³-hybridized carbons (Fsp3) is 0.444. The predicted molar refractivity (Wildman–Crippen MR) is 62.9 cm³/mol. The van der Waals surface area contributed by atoms with Crippen molar-refractivity contribution in [3.63, 3.8) is 0 Å². The van der Waals surface area contributed by atoms with Crippen LogP contribution in [0.3, 0.4) is 0 Å². The van der Waals surface area contributed by atoms with Gasteiger partial charge >= 0.3 is 6.01 Å². The van der Waals surface area contributed by atoms with E-state index in [2.05, 4.69) is 20.5 Å². The van der Waals surface area contributed by atoms with Crippen LogP contribution in [0, 0.1) is 6.92 Å². The Kier molecular flexibility index (Phi) is 3.74. The third-order valence-electron chi connectivity index (χ3n) is 2.02. The fourth-order valence-corrected chi connectivity index (χ4v) is 2.04. The molecule has 5 nitrogen and oxygen atoms in total. The van der Waals surface area contributed by atoms with Gasteiger partial charge in [0, 0.05) is 17.2 Å². The number of rotatable bonds is 5. The molecular formula is C9H11ClN4OS. The highest BCUT2D eigenvalue weighted by Gasteiger charge is 2.06. The Hall–Kier alpha value is -1.14. The number of hydrogen-bond donors (Lipinski definition) is 1. The van der Waals surface area contributed by atoms with Crippen molar-refractivity contribution in [1.29, 1.82) is 0 Å². The summed E-state index contributed by atoms with van der Waals surface area (Å²) in [5.41, 5.74) is 2.84. The van der Waals surface area contributed by atoms with Crippen LogP contribution in [0.5, 0.6) is 0 Å². The van der Waals surface area contributed by atoms with Crippen LogP contribution in [0.25, 0.3) is 0 Å². The minimum atomic E-state index is 0.424. The van der Waals surface area contributed by atoms with Crippen molar-refractivity contribution >= 4 is 29.0 Å².